The smallest absolute Gasteiger partial charge is 0.226 e. The van der Waals surface area contributed by atoms with Gasteiger partial charge in [-0.1, -0.05) is 18.9 Å². The van der Waals surface area contributed by atoms with Crippen LogP contribution in [0.25, 0.3) is 22.4 Å². The van der Waals surface area contributed by atoms with Crippen molar-refractivity contribution in [2.75, 3.05) is 23.8 Å². The number of rotatable bonds is 9. The topological polar surface area (TPSA) is 101 Å². The van der Waals surface area contributed by atoms with Gasteiger partial charge in [0.05, 0.1) is 12.0 Å². The monoisotopic (exact) mass is 449 g/mol. The van der Waals surface area contributed by atoms with Crippen LogP contribution in [0.3, 0.4) is 0 Å². The molecule has 1 saturated carbocycles. The lowest BCUT2D eigenvalue weighted by Crippen LogP contribution is -2.11. The van der Waals surface area contributed by atoms with E-state index in [-0.39, 0.29) is 6.61 Å². The SMILES string of the molecule is OCCCNc1nc(NCc2ccc(-c3ccsc3)nc2)c2ncn(C3CCCC3)c2n1. The van der Waals surface area contributed by atoms with Crippen molar-refractivity contribution in [3.05, 3.63) is 47.0 Å². The van der Waals surface area contributed by atoms with Gasteiger partial charge in [-0.2, -0.15) is 21.3 Å². The van der Waals surface area contributed by atoms with Crippen molar-refractivity contribution in [3.63, 3.8) is 0 Å². The minimum Gasteiger partial charge on any atom is -0.396 e. The van der Waals surface area contributed by atoms with Crippen LogP contribution in [0.4, 0.5) is 11.8 Å². The van der Waals surface area contributed by atoms with E-state index in [1.807, 2.05) is 18.6 Å². The van der Waals surface area contributed by atoms with E-state index >= 15 is 0 Å². The van der Waals surface area contributed by atoms with Gasteiger partial charge >= 0.3 is 0 Å². The van der Waals surface area contributed by atoms with Crippen molar-refractivity contribution in [2.45, 2.75) is 44.7 Å². The number of imidazole rings is 1. The molecule has 9 heteroatoms. The highest BCUT2D eigenvalue weighted by molar-refractivity contribution is 7.08. The molecule has 4 heterocycles. The number of aliphatic hydroxyl groups is 1. The Bertz CT molecular complexity index is 1150. The number of pyridine rings is 1. The Balaban J connectivity index is 1.39. The minimum absolute atomic E-state index is 0.134. The summed E-state index contributed by atoms with van der Waals surface area (Å²) in [5.74, 6) is 1.26. The summed E-state index contributed by atoms with van der Waals surface area (Å²) in [7, 11) is 0. The molecule has 0 radical (unpaired) electrons. The number of hydrogen-bond donors (Lipinski definition) is 3. The molecule has 1 fully saturated rings. The first kappa shape index (κ1) is 20.8. The second kappa shape index (κ2) is 9.62. The predicted octanol–water partition coefficient (Wildman–Crippen LogP) is 4.47. The summed E-state index contributed by atoms with van der Waals surface area (Å²) in [4.78, 5) is 18.7. The third-order valence-corrected chi connectivity index (χ3v) is 6.54. The van der Waals surface area contributed by atoms with Crippen LogP contribution in [0.5, 0.6) is 0 Å². The van der Waals surface area contributed by atoms with E-state index in [9.17, 15) is 0 Å². The highest BCUT2D eigenvalue weighted by Crippen LogP contribution is 2.33. The molecule has 166 valence electrons. The van der Waals surface area contributed by atoms with E-state index in [2.05, 4.69) is 53.0 Å². The zero-order chi connectivity index (χ0) is 21.8. The fourth-order valence-electron chi connectivity index (χ4n) is 4.14. The minimum atomic E-state index is 0.134. The van der Waals surface area contributed by atoms with Crippen molar-refractivity contribution in [2.24, 2.45) is 0 Å². The molecule has 8 nitrogen and oxygen atoms in total. The number of thiophene rings is 1. The Morgan fingerprint density at radius 1 is 1.09 bits per heavy atom. The summed E-state index contributed by atoms with van der Waals surface area (Å²) in [5, 5.41) is 19.9. The fraction of sp³-hybridized carbons (Fsp3) is 0.391. The van der Waals surface area contributed by atoms with Crippen molar-refractivity contribution in [1.29, 1.82) is 0 Å². The van der Waals surface area contributed by atoms with Crippen molar-refractivity contribution in [1.82, 2.24) is 24.5 Å². The van der Waals surface area contributed by atoms with Gasteiger partial charge in [0.1, 0.15) is 0 Å². The standard InChI is InChI=1S/C23H27N7OS/c31-10-3-9-24-23-28-21(20-22(29-23)30(15-27-20)18-4-1-2-5-18)26-13-16-6-7-19(25-12-16)17-8-11-32-14-17/h6-8,11-12,14-15,18,31H,1-5,9-10,13H2,(H2,24,26,28,29). The molecule has 4 aromatic heterocycles. The molecule has 0 bridgehead atoms. The zero-order valence-corrected chi connectivity index (χ0v) is 18.7. The van der Waals surface area contributed by atoms with Crippen LogP contribution in [-0.2, 0) is 6.54 Å². The second-order valence-electron chi connectivity index (χ2n) is 8.08. The summed E-state index contributed by atoms with van der Waals surface area (Å²) in [6.07, 6.45) is 9.26. The molecule has 0 spiro atoms. The molecule has 3 N–H and O–H groups in total. The Hall–Kier alpha value is -3.04. The van der Waals surface area contributed by atoms with Gasteiger partial charge in [0, 0.05) is 42.9 Å². The van der Waals surface area contributed by atoms with E-state index in [4.69, 9.17) is 10.1 Å². The largest absolute Gasteiger partial charge is 0.396 e. The third-order valence-electron chi connectivity index (χ3n) is 5.86. The second-order valence-corrected chi connectivity index (χ2v) is 8.86. The summed E-state index contributed by atoms with van der Waals surface area (Å²) in [6.45, 7) is 1.34. The summed E-state index contributed by atoms with van der Waals surface area (Å²) >= 11 is 1.67. The molecule has 0 saturated heterocycles. The van der Waals surface area contributed by atoms with Gasteiger partial charge in [0.2, 0.25) is 5.95 Å². The van der Waals surface area contributed by atoms with Gasteiger partial charge in [-0.05, 0) is 42.3 Å². The fourth-order valence-corrected chi connectivity index (χ4v) is 4.79. The van der Waals surface area contributed by atoms with Crippen molar-refractivity contribution >= 4 is 34.3 Å². The summed E-state index contributed by atoms with van der Waals surface area (Å²) in [5.41, 5.74) is 4.83. The maximum absolute atomic E-state index is 9.10. The number of hydrogen-bond acceptors (Lipinski definition) is 8. The summed E-state index contributed by atoms with van der Waals surface area (Å²) < 4.78 is 2.20. The van der Waals surface area contributed by atoms with Gasteiger partial charge in [0.15, 0.2) is 17.0 Å². The average Bonchev–Trinajstić information content (AvgIpc) is 3.59. The van der Waals surface area contributed by atoms with Gasteiger partial charge in [-0.25, -0.2) is 4.98 Å². The zero-order valence-electron chi connectivity index (χ0n) is 17.9. The number of nitrogens with zero attached hydrogens (tertiary/aromatic N) is 5. The van der Waals surface area contributed by atoms with Crippen molar-refractivity contribution < 1.29 is 5.11 Å². The number of fused-ring (bicyclic) bond motifs is 1. The van der Waals surface area contributed by atoms with Crippen LogP contribution in [0, 0.1) is 0 Å². The van der Waals surface area contributed by atoms with E-state index < -0.39 is 0 Å². The normalized spacial score (nSPS) is 14.3. The van der Waals surface area contributed by atoms with Gasteiger partial charge in [0.25, 0.3) is 0 Å². The van der Waals surface area contributed by atoms with E-state index in [0.717, 1.165) is 40.8 Å². The Labute approximate surface area is 190 Å². The average molecular weight is 450 g/mol. The van der Waals surface area contributed by atoms with Gasteiger partial charge in [-0.3, -0.25) is 4.98 Å². The Kier molecular flexibility index (Phi) is 6.27. The molecule has 5 rings (SSSR count). The Morgan fingerprint density at radius 2 is 2.00 bits per heavy atom. The lowest BCUT2D eigenvalue weighted by molar-refractivity contribution is 0.292. The number of anilines is 2. The molecule has 0 atom stereocenters. The molecule has 1 aliphatic carbocycles. The highest BCUT2D eigenvalue weighted by atomic mass is 32.1. The number of aliphatic hydroxyl groups excluding tert-OH is 1. The molecule has 0 aromatic carbocycles. The molecule has 0 aliphatic heterocycles. The van der Waals surface area contributed by atoms with Crippen LogP contribution >= 0.6 is 11.3 Å². The summed E-state index contributed by atoms with van der Waals surface area (Å²) in [6, 6.07) is 6.66. The van der Waals surface area contributed by atoms with E-state index in [0.29, 0.717) is 37.3 Å². The predicted molar refractivity (Wildman–Crippen MR) is 128 cm³/mol. The first-order valence-corrected chi connectivity index (χ1v) is 12.1. The van der Waals surface area contributed by atoms with Crippen LogP contribution in [0.2, 0.25) is 0 Å². The van der Waals surface area contributed by atoms with E-state index in [1.54, 1.807) is 11.3 Å². The maximum atomic E-state index is 9.10. The molecule has 0 unspecified atom stereocenters. The first-order chi connectivity index (χ1) is 15.8. The highest BCUT2D eigenvalue weighted by Gasteiger charge is 2.21. The third kappa shape index (κ3) is 4.44. The number of aromatic nitrogens is 5. The van der Waals surface area contributed by atoms with Crippen LogP contribution in [-0.4, -0.2) is 42.8 Å². The van der Waals surface area contributed by atoms with Crippen LogP contribution in [0.1, 0.15) is 43.7 Å². The van der Waals surface area contributed by atoms with Crippen LogP contribution < -0.4 is 10.6 Å². The molecule has 4 aromatic rings. The molecule has 1 aliphatic rings. The molecule has 0 amide bonds. The molecular formula is C23H27N7OS. The first-order valence-electron chi connectivity index (χ1n) is 11.1. The molecule has 32 heavy (non-hydrogen) atoms. The van der Waals surface area contributed by atoms with Crippen molar-refractivity contribution in [3.8, 4) is 11.3 Å². The molecular weight excluding hydrogens is 422 g/mol. The number of nitrogens with one attached hydrogen (secondary N) is 2. The maximum Gasteiger partial charge on any atom is 0.226 e. The van der Waals surface area contributed by atoms with Gasteiger partial charge in [-0.15, -0.1) is 0 Å². The lowest BCUT2D eigenvalue weighted by atomic mass is 10.2. The Morgan fingerprint density at radius 3 is 2.75 bits per heavy atom. The quantitative estimate of drug-likeness (QED) is 0.324. The van der Waals surface area contributed by atoms with Crippen LogP contribution in [0.15, 0.2) is 41.5 Å². The van der Waals surface area contributed by atoms with Gasteiger partial charge < -0.3 is 20.3 Å². The lowest BCUT2D eigenvalue weighted by Gasteiger charge is -2.14. The van der Waals surface area contributed by atoms with E-state index in [1.165, 1.54) is 12.8 Å².